The Bertz CT molecular complexity index is 401. The first-order chi connectivity index (χ1) is 7.36. The molecule has 1 unspecified atom stereocenters. The molecule has 0 amide bonds. The molecule has 0 saturated carbocycles. The standard InChI is InChI=1S/C11H15N3S/c1-2-9(6-12)14-8-13-7-10(14)11-4-3-5-15-11/h3-5,7-9H,2,6,12H2,1H3. The van der Waals surface area contributed by atoms with Crippen LogP contribution in [0.1, 0.15) is 19.4 Å². The second-order valence-corrected chi connectivity index (χ2v) is 4.41. The normalized spacial score (nSPS) is 12.9. The predicted octanol–water partition coefficient (Wildman–Crippen LogP) is 2.52. The number of thiophene rings is 1. The third-order valence-electron chi connectivity index (χ3n) is 2.58. The lowest BCUT2D eigenvalue weighted by atomic mass is 10.2. The van der Waals surface area contributed by atoms with Gasteiger partial charge in [-0.05, 0) is 17.9 Å². The fourth-order valence-corrected chi connectivity index (χ4v) is 2.43. The van der Waals surface area contributed by atoms with E-state index in [0.717, 1.165) is 6.42 Å². The fraction of sp³-hybridized carbons (Fsp3) is 0.364. The number of nitrogens with zero attached hydrogens (tertiary/aromatic N) is 2. The molecule has 3 nitrogen and oxygen atoms in total. The van der Waals surface area contributed by atoms with Crippen molar-refractivity contribution in [2.75, 3.05) is 6.54 Å². The van der Waals surface area contributed by atoms with Gasteiger partial charge in [0.25, 0.3) is 0 Å². The van der Waals surface area contributed by atoms with Crippen LogP contribution >= 0.6 is 11.3 Å². The molecule has 0 aliphatic carbocycles. The molecular weight excluding hydrogens is 206 g/mol. The average molecular weight is 221 g/mol. The van der Waals surface area contributed by atoms with E-state index in [1.54, 1.807) is 11.3 Å². The predicted molar refractivity (Wildman–Crippen MR) is 63.9 cm³/mol. The van der Waals surface area contributed by atoms with Crippen LogP contribution < -0.4 is 5.73 Å². The second kappa shape index (κ2) is 4.59. The van der Waals surface area contributed by atoms with Gasteiger partial charge >= 0.3 is 0 Å². The van der Waals surface area contributed by atoms with Crippen LogP contribution in [0, 0.1) is 0 Å². The van der Waals surface area contributed by atoms with E-state index in [1.807, 2.05) is 12.5 Å². The van der Waals surface area contributed by atoms with Crippen molar-refractivity contribution in [3.8, 4) is 10.6 Å². The molecule has 2 aromatic rings. The van der Waals surface area contributed by atoms with Crippen molar-refractivity contribution < 1.29 is 0 Å². The van der Waals surface area contributed by atoms with E-state index < -0.39 is 0 Å². The molecule has 0 saturated heterocycles. The molecule has 2 aromatic heterocycles. The second-order valence-electron chi connectivity index (χ2n) is 3.46. The number of nitrogens with two attached hydrogens (primary N) is 1. The Hall–Kier alpha value is -1.13. The van der Waals surface area contributed by atoms with Crippen molar-refractivity contribution in [2.45, 2.75) is 19.4 Å². The molecule has 2 heterocycles. The summed E-state index contributed by atoms with van der Waals surface area (Å²) in [5.74, 6) is 0. The number of hydrogen-bond donors (Lipinski definition) is 1. The number of hydrogen-bond acceptors (Lipinski definition) is 3. The van der Waals surface area contributed by atoms with Gasteiger partial charge in [0.15, 0.2) is 0 Å². The molecular formula is C11H15N3S. The number of imidazole rings is 1. The molecule has 0 aliphatic heterocycles. The van der Waals surface area contributed by atoms with E-state index >= 15 is 0 Å². The molecule has 0 bridgehead atoms. The van der Waals surface area contributed by atoms with Crippen molar-refractivity contribution in [3.05, 3.63) is 30.0 Å². The first-order valence-electron chi connectivity index (χ1n) is 5.12. The summed E-state index contributed by atoms with van der Waals surface area (Å²) in [6, 6.07) is 4.52. The summed E-state index contributed by atoms with van der Waals surface area (Å²) >= 11 is 1.73. The van der Waals surface area contributed by atoms with Gasteiger partial charge in [-0.3, -0.25) is 0 Å². The third-order valence-corrected chi connectivity index (χ3v) is 3.47. The minimum atomic E-state index is 0.351. The van der Waals surface area contributed by atoms with Gasteiger partial charge in [0, 0.05) is 12.6 Å². The van der Waals surface area contributed by atoms with Crippen LogP contribution in [0.2, 0.25) is 0 Å². The zero-order valence-electron chi connectivity index (χ0n) is 8.76. The summed E-state index contributed by atoms with van der Waals surface area (Å²) in [6.07, 6.45) is 4.81. The minimum absolute atomic E-state index is 0.351. The highest BCUT2D eigenvalue weighted by Gasteiger charge is 2.12. The maximum absolute atomic E-state index is 5.75. The summed E-state index contributed by atoms with van der Waals surface area (Å²) in [6.45, 7) is 2.81. The van der Waals surface area contributed by atoms with Gasteiger partial charge in [-0.15, -0.1) is 11.3 Å². The van der Waals surface area contributed by atoms with Crippen molar-refractivity contribution in [1.82, 2.24) is 9.55 Å². The smallest absolute Gasteiger partial charge is 0.0954 e. The molecule has 0 radical (unpaired) electrons. The maximum atomic E-state index is 5.75. The first kappa shape index (κ1) is 10.4. The van der Waals surface area contributed by atoms with Gasteiger partial charge in [0.1, 0.15) is 0 Å². The van der Waals surface area contributed by atoms with Gasteiger partial charge in [0.05, 0.1) is 23.1 Å². The van der Waals surface area contributed by atoms with Crippen molar-refractivity contribution >= 4 is 11.3 Å². The summed E-state index contributed by atoms with van der Waals surface area (Å²) in [5, 5.41) is 2.08. The zero-order chi connectivity index (χ0) is 10.7. The van der Waals surface area contributed by atoms with Gasteiger partial charge < -0.3 is 10.3 Å². The quantitative estimate of drug-likeness (QED) is 0.862. The Balaban J connectivity index is 2.37. The summed E-state index contributed by atoms with van der Waals surface area (Å²) in [5.41, 5.74) is 6.92. The number of rotatable bonds is 4. The highest BCUT2D eigenvalue weighted by atomic mass is 32.1. The number of aromatic nitrogens is 2. The van der Waals surface area contributed by atoms with Crippen molar-refractivity contribution in [3.63, 3.8) is 0 Å². The largest absolute Gasteiger partial charge is 0.328 e. The lowest BCUT2D eigenvalue weighted by Crippen LogP contribution is -2.18. The Morgan fingerprint density at radius 3 is 3.07 bits per heavy atom. The van der Waals surface area contributed by atoms with Crippen LogP contribution in [0.15, 0.2) is 30.0 Å². The lowest BCUT2D eigenvalue weighted by molar-refractivity contribution is 0.500. The Morgan fingerprint density at radius 2 is 2.47 bits per heavy atom. The lowest BCUT2D eigenvalue weighted by Gasteiger charge is -2.16. The minimum Gasteiger partial charge on any atom is -0.328 e. The van der Waals surface area contributed by atoms with E-state index in [9.17, 15) is 0 Å². The fourth-order valence-electron chi connectivity index (χ4n) is 1.69. The van der Waals surface area contributed by atoms with Crippen LogP contribution in [0.25, 0.3) is 10.6 Å². The molecule has 0 aliphatic rings. The van der Waals surface area contributed by atoms with E-state index in [0.29, 0.717) is 12.6 Å². The first-order valence-corrected chi connectivity index (χ1v) is 6.00. The van der Waals surface area contributed by atoms with Gasteiger partial charge in [-0.25, -0.2) is 4.98 Å². The Morgan fingerprint density at radius 1 is 1.60 bits per heavy atom. The van der Waals surface area contributed by atoms with Crippen LogP contribution in [-0.2, 0) is 0 Å². The van der Waals surface area contributed by atoms with Crippen LogP contribution in [-0.4, -0.2) is 16.1 Å². The molecule has 0 spiro atoms. The molecule has 0 aromatic carbocycles. The Kier molecular flexibility index (Phi) is 3.18. The van der Waals surface area contributed by atoms with Gasteiger partial charge in [-0.2, -0.15) is 0 Å². The third kappa shape index (κ3) is 1.96. The maximum Gasteiger partial charge on any atom is 0.0954 e. The highest BCUT2D eigenvalue weighted by molar-refractivity contribution is 7.13. The van der Waals surface area contributed by atoms with E-state index in [2.05, 4.69) is 34.0 Å². The average Bonchev–Trinajstić information content (AvgIpc) is 2.88. The van der Waals surface area contributed by atoms with Crippen LogP contribution in [0.4, 0.5) is 0 Å². The van der Waals surface area contributed by atoms with Gasteiger partial charge in [0.2, 0.25) is 0 Å². The van der Waals surface area contributed by atoms with E-state index in [4.69, 9.17) is 5.73 Å². The topological polar surface area (TPSA) is 43.8 Å². The highest BCUT2D eigenvalue weighted by Crippen LogP contribution is 2.27. The molecule has 1 atom stereocenters. The SMILES string of the molecule is CCC(CN)n1cncc1-c1cccs1. The molecule has 2 N–H and O–H groups in total. The monoisotopic (exact) mass is 221 g/mol. The summed E-state index contributed by atoms with van der Waals surface area (Å²) < 4.78 is 2.17. The van der Waals surface area contributed by atoms with Crippen LogP contribution in [0.3, 0.4) is 0 Å². The molecule has 80 valence electrons. The van der Waals surface area contributed by atoms with Crippen molar-refractivity contribution in [2.24, 2.45) is 5.73 Å². The van der Waals surface area contributed by atoms with Crippen molar-refractivity contribution in [1.29, 1.82) is 0 Å². The van der Waals surface area contributed by atoms with E-state index in [-0.39, 0.29) is 0 Å². The van der Waals surface area contributed by atoms with E-state index in [1.165, 1.54) is 10.6 Å². The van der Waals surface area contributed by atoms with Crippen LogP contribution in [0.5, 0.6) is 0 Å². The molecule has 2 rings (SSSR count). The molecule has 4 heteroatoms. The zero-order valence-corrected chi connectivity index (χ0v) is 9.57. The molecule has 0 fully saturated rings. The summed E-state index contributed by atoms with van der Waals surface area (Å²) in [4.78, 5) is 5.46. The Labute approximate surface area is 93.6 Å². The summed E-state index contributed by atoms with van der Waals surface area (Å²) in [7, 11) is 0. The van der Waals surface area contributed by atoms with Gasteiger partial charge in [-0.1, -0.05) is 13.0 Å². The molecule has 15 heavy (non-hydrogen) atoms.